The van der Waals surface area contributed by atoms with Crippen LogP contribution in [0.1, 0.15) is 28.8 Å². The van der Waals surface area contributed by atoms with Gasteiger partial charge in [0.2, 0.25) is 5.56 Å². The summed E-state index contributed by atoms with van der Waals surface area (Å²) in [7, 11) is 0. The van der Waals surface area contributed by atoms with E-state index in [9.17, 15) is 14.0 Å². The second-order valence-corrected chi connectivity index (χ2v) is 6.67. The maximum Gasteiger partial charge on any atom is 0.254 e. The van der Waals surface area contributed by atoms with Crippen LogP contribution in [0.3, 0.4) is 0 Å². The number of benzene rings is 1. The minimum Gasteiger partial charge on any atom is -0.348 e. The molecular formula is C19H15Cl2FN2O2. The minimum atomic E-state index is -0.464. The summed E-state index contributed by atoms with van der Waals surface area (Å²) in [6.45, 7) is 0.335. The van der Waals surface area contributed by atoms with Crippen molar-refractivity contribution in [1.29, 1.82) is 0 Å². The zero-order valence-electron chi connectivity index (χ0n) is 13.6. The third kappa shape index (κ3) is 4.06. The average Bonchev–Trinajstić information content (AvgIpc) is 2.62. The lowest BCUT2D eigenvalue weighted by Gasteiger charge is -2.16. The third-order valence-electron chi connectivity index (χ3n) is 4.12. The van der Waals surface area contributed by atoms with Gasteiger partial charge in [-0.3, -0.25) is 9.59 Å². The Hall–Kier alpha value is -2.37. The first-order valence-corrected chi connectivity index (χ1v) is 8.70. The molecule has 0 fully saturated rings. The van der Waals surface area contributed by atoms with Gasteiger partial charge in [0.15, 0.2) is 0 Å². The molecule has 3 rings (SSSR count). The normalized spacial score (nSPS) is 13.8. The Kier molecular flexibility index (Phi) is 5.59. The summed E-state index contributed by atoms with van der Waals surface area (Å²) in [6, 6.07) is 6.13. The van der Waals surface area contributed by atoms with Crippen molar-refractivity contribution in [2.45, 2.75) is 12.8 Å². The number of pyridine rings is 1. The van der Waals surface area contributed by atoms with Crippen molar-refractivity contribution in [3.05, 3.63) is 85.5 Å². The monoisotopic (exact) mass is 392 g/mol. The maximum absolute atomic E-state index is 13.9. The highest BCUT2D eigenvalue weighted by molar-refractivity contribution is 6.39. The summed E-state index contributed by atoms with van der Waals surface area (Å²) in [5.74, 6) is -0.814. The van der Waals surface area contributed by atoms with Crippen LogP contribution in [0.2, 0.25) is 10.0 Å². The summed E-state index contributed by atoms with van der Waals surface area (Å²) in [6.07, 6.45) is 5.88. The van der Waals surface area contributed by atoms with E-state index in [1.807, 2.05) is 6.08 Å². The predicted octanol–water partition coefficient (Wildman–Crippen LogP) is 4.35. The number of nitrogens with one attached hydrogen (secondary N) is 2. The van der Waals surface area contributed by atoms with Gasteiger partial charge in [-0.25, -0.2) is 4.39 Å². The Morgan fingerprint density at radius 3 is 2.58 bits per heavy atom. The fourth-order valence-electron chi connectivity index (χ4n) is 2.75. The van der Waals surface area contributed by atoms with Gasteiger partial charge in [0.05, 0.1) is 15.6 Å². The van der Waals surface area contributed by atoms with Crippen LogP contribution in [0, 0.1) is 5.82 Å². The molecule has 0 aliphatic heterocycles. The number of amides is 1. The molecule has 1 amide bonds. The molecule has 26 heavy (non-hydrogen) atoms. The topological polar surface area (TPSA) is 62.0 Å². The highest BCUT2D eigenvalue weighted by Gasteiger charge is 2.16. The van der Waals surface area contributed by atoms with E-state index in [1.54, 1.807) is 24.3 Å². The van der Waals surface area contributed by atoms with Gasteiger partial charge in [-0.1, -0.05) is 47.0 Å². The summed E-state index contributed by atoms with van der Waals surface area (Å²) in [4.78, 5) is 26.0. The van der Waals surface area contributed by atoms with Crippen LogP contribution in [-0.2, 0) is 0 Å². The average molecular weight is 393 g/mol. The molecule has 1 aromatic carbocycles. The number of aromatic amines is 1. The van der Waals surface area contributed by atoms with Gasteiger partial charge in [0, 0.05) is 24.4 Å². The zero-order valence-corrected chi connectivity index (χ0v) is 15.1. The number of allylic oxidation sites excluding steroid dienone is 3. The highest BCUT2D eigenvalue weighted by Crippen LogP contribution is 2.28. The molecule has 134 valence electrons. The van der Waals surface area contributed by atoms with E-state index >= 15 is 0 Å². The second kappa shape index (κ2) is 7.89. The van der Waals surface area contributed by atoms with E-state index < -0.39 is 5.82 Å². The van der Waals surface area contributed by atoms with E-state index in [0.29, 0.717) is 35.0 Å². The Balaban J connectivity index is 1.70. The Labute approximate surface area is 159 Å². The molecule has 1 heterocycles. The van der Waals surface area contributed by atoms with Crippen molar-refractivity contribution in [2.24, 2.45) is 0 Å². The number of carbonyl (C=O) groups is 1. The van der Waals surface area contributed by atoms with Gasteiger partial charge in [-0.05, 0) is 30.5 Å². The number of halogens is 3. The lowest BCUT2D eigenvalue weighted by molar-refractivity contribution is 0.0957. The van der Waals surface area contributed by atoms with Crippen LogP contribution >= 0.6 is 23.2 Å². The maximum atomic E-state index is 13.9. The van der Waals surface area contributed by atoms with Crippen LogP contribution in [0.15, 0.2) is 53.0 Å². The third-order valence-corrected chi connectivity index (χ3v) is 4.75. The molecule has 1 aliphatic carbocycles. The van der Waals surface area contributed by atoms with Gasteiger partial charge in [-0.15, -0.1) is 0 Å². The standard InChI is InChI=1S/C19H15Cl2FN2O2/c20-14-2-1-3-15(21)18(14)19(26)24-9-11-4-6-12(7-5-11)13-8-17(25)23-10-16(13)22/h1-4,6,8,10H,5,7,9H2,(H,23,25)(H,24,26). The molecule has 1 aromatic heterocycles. The van der Waals surface area contributed by atoms with Crippen LogP contribution in [0.25, 0.3) is 5.57 Å². The van der Waals surface area contributed by atoms with E-state index in [-0.39, 0.29) is 17.0 Å². The molecule has 0 atom stereocenters. The molecule has 0 saturated heterocycles. The fraction of sp³-hybridized carbons (Fsp3) is 0.158. The number of aromatic nitrogens is 1. The zero-order chi connectivity index (χ0) is 18.7. The fourth-order valence-corrected chi connectivity index (χ4v) is 3.32. The summed E-state index contributed by atoms with van der Waals surface area (Å²) >= 11 is 12.1. The van der Waals surface area contributed by atoms with Crippen LogP contribution in [-0.4, -0.2) is 17.4 Å². The van der Waals surface area contributed by atoms with Crippen molar-refractivity contribution >= 4 is 34.7 Å². The lowest BCUT2D eigenvalue weighted by atomic mass is 9.93. The Morgan fingerprint density at radius 1 is 1.19 bits per heavy atom. The van der Waals surface area contributed by atoms with Gasteiger partial charge >= 0.3 is 0 Å². The number of rotatable bonds is 4. The predicted molar refractivity (Wildman–Crippen MR) is 101 cm³/mol. The summed E-state index contributed by atoms with van der Waals surface area (Å²) < 4.78 is 13.9. The van der Waals surface area contributed by atoms with Crippen molar-refractivity contribution < 1.29 is 9.18 Å². The van der Waals surface area contributed by atoms with Gasteiger partial charge in [0.1, 0.15) is 5.82 Å². The van der Waals surface area contributed by atoms with Gasteiger partial charge in [-0.2, -0.15) is 0 Å². The van der Waals surface area contributed by atoms with Crippen LogP contribution in [0.5, 0.6) is 0 Å². The molecule has 7 heteroatoms. The molecular weight excluding hydrogens is 378 g/mol. The molecule has 0 saturated carbocycles. The quantitative estimate of drug-likeness (QED) is 0.811. The molecule has 0 radical (unpaired) electrons. The first-order valence-electron chi connectivity index (χ1n) is 7.95. The summed E-state index contributed by atoms with van der Waals surface area (Å²) in [5, 5.41) is 3.37. The van der Waals surface area contributed by atoms with E-state index in [4.69, 9.17) is 23.2 Å². The van der Waals surface area contributed by atoms with Crippen molar-refractivity contribution in [2.75, 3.05) is 6.54 Å². The summed E-state index contributed by atoms with van der Waals surface area (Å²) in [5.41, 5.74) is 1.93. The highest BCUT2D eigenvalue weighted by atomic mass is 35.5. The van der Waals surface area contributed by atoms with Crippen molar-refractivity contribution in [3.63, 3.8) is 0 Å². The van der Waals surface area contributed by atoms with E-state index in [0.717, 1.165) is 17.3 Å². The van der Waals surface area contributed by atoms with E-state index in [1.165, 1.54) is 6.07 Å². The van der Waals surface area contributed by atoms with E-state index in [2.05, 4.69) is 10.3 Å². The molecule has 4 nitrogen and oxygen atoms in total. The number of H-pyrrole nitrogens is 1. The molecule has 0 spiro atoms. The molecule has 2 N–H and O–H groups in total. The first-order chi connectivity index (χ1) is 12.5. The second-order valence-electron chi connectivity index (χ2n) is 5.86. The smallest absolute Gasteiger partial charge is 0.254 e. The van der Waals surface area contributed by atoms with Crippen LogP contribution in [0.4, 0.5) is 4.39 Å². The molecule has 0 bridgehead atoms. The Morgan fingerprint density at radius 2 is 1.92 bits per heavy atom. The number of carbonyl (C=O) groups excluding carboxylic acids is 1. The van der Waals surface area contributed by atoms with Gasteiger partial charge < -0.3 is 10.3 Å². The van der Waals surface area contributed by atoms with Crippen molar-refractivity contribution in [3.8, 4) is 0 Å². The molecule has 2 aromatic rings. The van der Waals surface area contributed by atoms with Gasteiger partial charge in [0.25, 0.3) is 5.91 Å². The SMILES string of the molecule is O=C(NCC1=CC=C(c2cc(=O)[nH]cc2F)CC1)c1c(Cl)cccc1Cl. The first kappa shape index (κ1) is 18.4. The molecule has 1 aliphatic rings. The lowest BCUT2D eigenvalue weighted by Crippen LogP contribution is -2.26. The van der Waals surface area contributed by atoms with Crippen molar-refractivity contribution in [1.82, 2.24) is 10.3 Å². The van der Waals surface area contributed by atoms with Crippen LogP contribution < -0.4 is 10.9 Å². The number of hydrogen-bond donors (Lipinski definition) is 2. The molecule has 0 unspecified atom stereocenters. The largest absolute Gasteiger partial charge is 0.348 e. The Bertz CT molecular complexity index is 959. The minimum absolute atomic E-state index is 0.244. The number of hydrogen-bond acceptors (Lipinski definition) is 2.